The zero-order valence-corrected chi connectivity index (χ0v) is 19.5. The number of piperazine rings is 1. The largest absolute Gasteiger partial charge is 0.492 e. The number of carbonyl (C=O) groups is 1. The fourth-order valence-electron chi connectivity index (χ4n) is 5.14. The van der Waals surface area contributed by atoms with Gasteiger partial charge in [0.05, 0.1) is 5.69 Å². The van der Waals surface area contributed by atoms with Gasteiger partial charge in [0, 0.05) is 51.5 Å². The molecule has 1 aliphatic carbocycles. The normalized spacial score (nSPS) is 25.0. The van der Waals surface area contributed by atoms with Crippen LogP contribution in [-0.2, 0) is 0 Å². The zero-order valence-electron chi connectivity index (χ0n) is 19.5. The van der Waals surface area contributed by atoms with E-state index >= 15 is 0 Å². The molecule has 34 heavy (non-hydrogen) atoms. The van der Waals surface area contributed by atoms with Gasteiger partial charge in [-0.05, 0) is 61.6 Å². The van der Waals surface area contributed by atoms with Crippen LogP contribution in [0.5, 0.6) is 5.75 Å². The maximum absolute atomic E-state index is 12.6. The Balaban J connectivity index is 1.14. The summed E-state index contributed by atoms with van der Waals surface area (Å²) in [7, 11) is 0. The molecule has 1 aromatic heterocycles. The van der Waals surface area contributed by atoms with E-state index in [9.17, 15) is 9.59 Å². The van der Waals surface area contributed by atoms with Crippen LogP contribution in [0.3, 0.4) is 0 Å². The van der Waals surface area contributed by atoms with E-state index in [1.165, 1.54) is 4.57 Å². The molecule has 0 radical (unpaired) electrons. The summed E-state index contributed by atoms with van der Waals surface area (Å²) in [5.41, 5.74) is 6.04. The molecule has 3 fully saturated rings. The minimum Gasteiger partial charge on any atom is -0.492 e. The maximum atomic E-state index is 12.6. The van der Waals surface area contributed by atoms with Crippen LogP contribution in [0.4, 0.5) is 10.6 Å². The molecule has 4 atom stereocenters. The number of nitrogens with two attached hydrogens (primary N) is 1. The Morgan fingerprint density at radius 2 is 1.91 bits per heavy atom. The van der Waals surface area contributed by atoms with Crippen molar-refractivity contribution >= 4 is 11.8 Å². The number of aromatic nitrogens is 2. The summed E-state index contributed by atoms with van der Waals surface area (Å²) in [4.78, 5) is 33.1. The summed E-state index contributed by atoms with van der Waals surface area (Å²) in [6.45, 7) is 8.65. The van der Waals surface area contributed by atoms with Crippen LogP contribution in [0.15, 0.2) is 41.3 Å². The molecule has 0 spiro atoms. The summed E-state index contributed by atoms with van der Waals surface area (Å²) < 4.78 is 7.44. The standard InChI is InChI=1S/C24H33N7O3/c1-16(30-13-20-19(12-25)21(20)14-30)15-34-18-4-2-17(3-5-18)31-9-6-22(28-24(31)33)27-23(32)29-10-7-26-8-11-29/h2-6,9,16,19-21,26H,7-8,10-15,25H2,1H3,(H,27,28,32,33)/t16?,19?,20-,21+. The van der Waals surface area contributed by atoms with Crippen molar-refractivity contribution in [2.24, 2.45) is 23.5 Å². The Hall–Kier alpha value is -2.95. The Morgan fingerprint density at radius 1 is 1.21 bits per heavy atom. The number of piperidine rings is 1. The van der Waals surface area contributed by atoms with Gasteiger partial charge in [0.2, 0.25) is 0 Å². The molecule has 182 valence electrons. The van der Waals surface area contributed by atoms with E-state index in [2.05, 4.69) is 27.4 Å². The van der Waals surface area contributed by atoms with E-state index in [1.54, 1.807) is 17.2 Å². The highest BCUT2D eigenvalue weighted by Crippen LogP contribution is 2.51. The Labute approximate surface area is 199 Å². The van der Waals surface area contributed by atoms with E-state index < -0.39 is 5.69 Å². The van der Waals surface area contributed by atoms with Crippen molar-refractivity contribution in [1.82, 2.24) is 24.7 Å². The number of rotatable bonds is 7. The summed E-state index contributed by atoms with van der Waals surface area (Å²) >= 11 is 0. The van der Waals surface area contributed by atoms with Crippen LogP contribution < -0.4 is 26.8 Å². The Kier molecular flexibility index (Phi) is 6.53. The second kappa shape index (κ2) is 9.73. The highest BCUT2D eigenvalue weighted by molar-refractivity contribution is 5.88. The van der Waals surface area contributed by atoms with E-state index in [0.29, 0.717) is 31.4 Å². The van der Waals surface area contributed by atoms with Gasteiger partial charge in [-0.3, -0.25) is 14.8 Å². The SMILES string of the molecule is CC(COc1ccc(-n2ccc(NC(=O)N3CCNCC3)nc2=O)cc1)N1C[C@@H]2C(CN)[C@@H]2C1. The molecule has 2 unspecified atom stereocenters. The van der Waals surface area contributed by atoms with Gasteiger partial charge in [0.1, 0.15) is 18.2 Å². The summed E-state index contributed by atoms with van der Waals surface area (Å²) in [6.07, 6.45) is 1.62. The number of nitrogens with zero attached hydrogens (tertiary/aromatic N) is 4. The number of benzene rings is 1. The minimum atomic E-state index is -0.455. The zero-order chi connectivity index (χ0) is 23.7. The predicted molar refractivity (Wildman–Crippen MR) is 129 cm³/mol. The second-order valence-corrected chi connectivity index (χ2v) is 9.47. The molecule has 2 aliphatic heterocycles. The van der Waals surface area contributed by atoms with Crippen molar-refractivity contribution in [2.75, 3.05) is 57.7 Å². The van der Waals surface area contributed by atoms with Crippen molar-refractivity contribution in [3.8, 4) is 11.4 Å². The number of fused-ring (bicyclic) bond motifs is 1. The third kappa shape index (κ3) is 4.79. The molecule has 1 aromatic carbocycles. The van der Waals surface area contributed by atoms with Crippen molar-refractivity contribution in [2.45, 2.75) is 13.0 Å². The molecular formula is C24H33N7O3. The van der Waals surface area contributed by atoms with E-state index in [1.807, 2.05) is 24.3 Å². The first-order valence-electron chi connectivity index (χ1n) is 12.1. The minimum absolute atomic E-state index is 0.243. The highest BCUT2D eigenvalue weighted by Gasteiger charge is 2.55. The lowest BCUT2D eigenvalue weighted by molar-refractivity contribution is 0.154. The third-order valence-corrected chi connectivity index (χ3v) is 7.34. The lowest BCUT2D eigenvalue weighted by Gasteiger charge is -2.27. The average Bonchev–Trinajstić information content (AvgIpc) is 3.33. The number of hydrogen-bond acceptors (Lipinski definition) is 7. The summed E-state index contributed by atoms with van der Waals surface area (Å²) in [5.74, 6) is 3.30. The number of nitrogens with one attached hydrogen (secondary N) is 2. The monoisotopic (exact) mass is 467 g/mol. The lowest BCUT2D eigenvalue weighted by atomic mass is 10.2. The number of carbonyl (C=O) groups excluding carboxylic acids is 1. The molecule has 0 bridgehead atoms. The quantitative estimate of drug-likeness (QED) is 0.545. The lowest BCUT2D eigenvalue weighted by Crippen LogP contribution is -2.48. The number of anilines is 1. The predicted octanol–water partition coefficient (Wildman–Crippen LogP) is 0.573. The molecular weight excluding hydrogens is 434 g/mol. The number of likely N-dealkylation sites (tertiary alicyclic amines) is 1. The number of urea groups is 1. The molecule has 3 aliphatic rings. The first-order chi connectivity index (χ1) is 16.5. The van der Waals surface area contributed by atoms with Crippen molar-refractivity contribution in [3.05, 3.63) is 47.0 Å². The topological polar surface area (TPSA) is 118 Å². The van der Waals surface area contributed by atoms with Crippen LogP contribution in [0.1, 0.15) is 6.92 Å². The van der Waals surface area contributed by atoms with Crippen LogP contribution in [0, 0.1) is 17.8 Å². The molecule has 2 amide bonds. The fraction of sp³-hybridized carbons (Fsp3) is 0.542. The van der Waals surface area contributed by atoms with Gasteiger partial charge in [0.15, 0.2) is 0 Å². The van der Waals surface area contributed by atoms with E-state index in [0.717, 1.165) is 56.2 Å². The maximum Gasteiger partial charge on any atom is 0.354 e. The van der Waals surface area contributed by atoms with Crippen LogP contribution in [-0.4, -0.2) is 83.8 Å². The van der Waals surface area contributed by atoms with Crippen LogP contribution in [0.25, 0.3) is 5.69 Å². The van der Waals surface area contributed by atoms with Crippen molar-refractivity contribution in [1.29, 1.82) is 0 Å². The van der Waals surface area contributed by atoms with E-state index in [-0.39, 0.29) is 11.8 Å². The molecule has 2 saturated heterocycles. The number of ether oxygens (including phenoxy) is 1. The van der Waals surface area contributed by atoms with Crippen molar-refractivity contribution in [3.63, 3.8) is 0 Å². The molecule has 4 N–H and O–H groups in total. The van der Waals surface area contributed by atoms with Gasteiger partial charge in [-0.25, -0.2) is 9.59 Å². The highest BCUT2D eigenvalue weighted by atomic mass is 16.5. The van der Waals surface area contributed by atoms with Gasteiger partial charge < -0.3 is 20.7 Å². The van der Waals surface area contributed by atoms with E-state index in [4.69, 9.17) is 10.5 Å². The molecule has 1 saturated carbocycles. The van der Waals surface area contributed by atoms with Gasteiger partial charge in [0.25, 0.3) is 0 Å². The van der Waals surface area contributed by atoms with Gasteiger partial charge in [-0.1, -0.05) is 0 Å². The third-order valence-electron chi connectivity index (χ3n) is 7.34. The second-order valence-electron chi connectivity index (χ2n) is 9.47. The number of hydrogen-bond donors (Lipinski definition) is 3. The number of amides is 2. The van der Waals surface area contributed by atoms with Gasteiger partial charge in [-0.15, -0.1) is 0 Å². The molecule has 2 aromatic rings. The fourth-order valence-corrected chi connectivity index (χ4v) is 5.14. The Bertz CT molecular complexity index is 1050. The van der Waals surface area contributed by atoms with Gasteiger partial charge in [-0.2, -0.15) is 4.98 Å². The average molecular weight is 468 g/mol. The summed E-state index contributed by atoms with van der Waals surface area (Å²) in [6, 6.07) is 9.12. The van der Waals surface area contributed by atoms with Crippen molar-refractivity contribution < 1.29 is 9.53 Å². The van der Waals surface area contributed by atoms with Crippen LogP contribution in [0.2, 0.25) is 0 Å². The molecule has 10 nitrogen and oxygen atoms in total. The molecule has 3 heterocycles. The molecule has 5 rings (SSSR count). The first-order valence-corrected chi connectivity index (χ1v) is 12.1. The first kappa shape index (κ1) is 22.8. The molecule has 10 heteroatoms. The Morgan fingerprint density at radius 3 is 2.56 bits per heavy atom. The summed E-state index contributed by atoms with van der Waals surface area (Å²) in [5, 5.41) is 5.91. The van der Waals surface area contributed by atoms with Crippen LogP contribution >= 0.6 is 0 Å². The van der Waals surface area contributed by atoms with Gasteiger partial charge >= 0.3 is 11.7 Å². The smallest absolute Gasteiger partial charge is 0.354 e.